The molecule has 1 heteroatoms. The summed E-state index contributed by atoms with van der Waals surface area (Å²) in [6, 6.07) is 24.5. The van der Waals surface area contributed by atoms with Crippen LogP contribution in [0.15, 0.2) is 66.7 Å². The minimum atomic E-state index is 1.04. The van der Waals surface area contributed by atoms with Crippen LogP contribution in [0.25, 0.3) is 22.3 Å². The van der Waals surface area contributed by atoms with Crippen molar-refractivity contribution in [3.8, 4) is 22.3 Å². The van der Waals surface area contributed by atoms with Gasteiger partial charge in [-0.25, -0.2) is 0 Å². The molecular weight excluding hydrogens is 290 g/mol. The van der Waals surface area contributed by atoms with Gasteiger partial charge in [0.05, 0.1) is 0 Å². The summed E-state index contributed by atoms with van der Waals surface area (Å²) in [6.45, 7) is 6.51. The van der Waals surface area contributed by atoms with E-state index in [9.17, 15) is 0 Å². The zero-order chi connectivity index (χ0) is 16.5. The summed E-state index contributed by atoms with van der Waals surface area (Å²) in [5, 5.41) is 0. The number of fused-ring (bicyclic) bond motifs is 3. The second-order valence-electron chi connectivity index (χ2n) is 6.38. The van der Waals surface area contributed by atoms with Crippen molar-refractivity contribution in [2.45, 2.75) is 20.3 Å². The van der Waals surface area contributed by atoms with Crippen LogP contribution in [0.5, 0.6) is 0 Å². The molecule has 1 aliphatic carbocycles. The number of benzene rings is 3. The Kier molecular flexibility index (Phi) is 3.86. The lowest BCUT2D eigenvalue weighted by atomic mass is 9.95. The van der Waals surface area contributed by atoms with E-state index in [1.165, 1.54) is 39.1 Å². The molecule has 0 aromatic heterocycles. The number of anilines is 1. The Labute approximate surface area is 144 Å². The largest absolute Gasteiger partial charge is 0.372 e. The average Bonchev–Trinajstić information content (AvgIpc) is 3.02. The quantitative estimate of drug-likeness (QED) is 0.462. The molecular formula is C23H23N. The van der Waals surface area contributed by atoms with E-state index >= 15 is 0 Å². The Bertz CT molecular complexity index is 857. The molecule has 0 bridgehead atoms. The summed E-state index contributed by atoms with van der Waals surface area (Å²) in [5.41, 5.74) is 9.70. The molecule has 0 amide bonds. The minimum Gasteiger partial charge on any atom is -0.372 e. The summed E-state index contributed by atoms with van der Waals surface area (Å²) >= 11 is 0. The van der Waals surface area contributed by atoms with E-state index < -0.39 is 0 Å². The van der Waals surface area contributed by atoms with Gasteiger partial charge >= 0.3 is 0 Å². The lowest BCUT2D eigenvalue weighted by Gasteiger charge is -2.21. The molecule has 0 heterocycles. The third-order valence-corrected chi connectivity index (χ3v) is 5.16. The van der Waals surface area contributed by atoms with Gasteiger partial charge in [0.25, 0.3) is 0 Å². The van der Waals surface area contributed by atoms with Gasteiger partial charge in [0.2, 0.25) is 0 Å². The van der Waals surface area contributed by atoms with E-state index in [0.29, 0.717) is 0 Å². The number of hydrogen-bond donors (Lipinski definition) is 0. The van der Waals surface area contributed by atoms with Crippen molar-refractivity contribution in [3.05, 3.63) is 77.9 Å². The smallest absolute Gasteiger partial charge is 0.0366 e. The molecule has 24 heavy (non-hydrogen) atoms. The number of rotatable bonds is 4. The van der Waals surface area contributed by atoms with Crippen LogP contribution in [0.1, 0.15) is 25.0 Å². The third kappa shape index (κ3) is 2.41. The standard InChI is InChI=1S/C23H23N/c1-3-24(4-2)19-14-12-17(13-15-19)20-10-7-11-22-21-9-6-5-8-18(21)16-23(20)22/h5-15H,3-4,16H2,1-2H3. The zero-order valence-electron chi connectivity index (χ0n) is 14.4. The first kappa shape index (κ1) is 15.0. The third-order valence-electron chi connectivity index (χ3n) is 5.16. The first-order valence-corrected chi connectivity index (χ1v) is 8.87. The number of hydrogen-bond acceptors (Lipinski definition) is 1. The summed E-state index contributed by atoms with van der Waals surface area (Å²) in [4.78, 5) is 2.38. The fraction of sp³-hybridized carbons (Fsp3) is 0.217. The maximum Gasteiger partial charge on any atom is 0.0366 e. The molecule has 0 saturated heterocycles. The van der Waals surface area contributed by atoms with Crippen molar-refractivity contribution < 1.29 is 0 Å². The Hall–Kier alpha value is -2.54. The van der Waals surface area contributed by atoms with Crippen LogP contribution in [0.2, 0.25) is 0 Å². The first-order valence-electron chi connectivity index (χ1n) is 8.87. The molecule has 0 saturated carbocycles. The van der Waals surface area contributed by atoms with E-state index in [4.69, 9.17) is 0 Å². The van der Waals surface area contributed by atoms with Crippen LogP contribution in [-0.4, -0.2) is 13.1 Å². The van der Waals surface area contributed by atoms with Gasteiger partial charge in [-0.1, -0.05) is 54.6 Å². The minimum absolute atomic E-state index is 1.04. The fourth-order valence-electron chi connectivity index (χ4n) is 3.87. The second-order valence-corrected chi connectivity index (χ2v) is 6.38. The molecule has 0 N–H and O–H groups in total. The van der Waals surface area contributed by atoms with E-state index in [2.05, 4.69) is 85.5 Å². The SMILES string of the molecule is CCN(CC)c1ccc(-c2cccc3c2Cc2ccccc2-3)cc1. The highest BCUT2D eigenvalue weighted by Crippen LogP contribution is 2.41. The Morgan fingerprint density at radius 1 is 0.708 bits per heavy atom. The maximum atomic E-state index is 2.38. The lowest BCUT2D eigenvalue weighted by Crippen LogP contribution is -2.21. The molecule has 0 fully saturated rings. The summed E-state index contributed by atoms with van der Waals surface area (Å²) in [7, 11) is 0. The maximum absolute atomic E-state index is 2.38. The molecule has 1 aliphatic rings. The van der Waals surface area contributed by atoms with Crippen molar-refractivity contribution in [3.63, 3.8) is 0 Å². The van der Waals surface area contributed by atoms with Crippen molar-refractivity contribution in [2.24, 2.45) is 0 Å². The highest BCUT2D eigenvalue weighted by molar-refractivity contribution is 5.85. The van der Waals surface area contributed by atoms with E-state index in [1.807, 2.05) is 0 Å². The van der Waals surface area contributed by atoms with Crippen LogP contribution in [0, 0.1) is 0 Å². The van der Waals surface area contributed by atoms with Gasteiger partial charge in [-0.15, -0.1) is 0 Å². The second kappa shape index (κ2) is 6.16. The van der Waals surface area contributed by atoms with Gasteiger partial charge in [-0.2, -0.15) is 0 Å². The van der Waals surface area contributed by atoms with E-state index in [1.54, 1.807) is 0 Å². The van der Waals surface area contributed by atoms with Gasteiger partial charge in [-0.05, 0) is 65.8 Å². The molecule has 4 rings (SSSR count). The van der Waals surface area contributed by atoms with Crippen molar-refractivity contribution in [1.82, 2.24) is 0 Å². The zero-order valence-corrected chi connectivity index (χ0v) is 14.4. The monoisotopic (exact) mass is 313 g/mol. The van der Waals surface area contributed by atoms with Crippen molar-refractivity contribution >= 4 is 5.69 Å². The summed E-state index contributed by atoms with van der Waals surface area (Å²) in [6.07, 6.45) is 1.04. The molecule has 1 nitrogen and oxygen atoms in total. The molecule has 3 aromatic carbocycles. The molecule has 0 unspecified atom stereocenters. The Morgan fingerprint density at radius 2 is 1.38 bits per heavy atom. The highest BCUT2D eigenvalue weighted by Gasteiger charge is 2.20. The van der Waals surface area contributed by atoms with Crippen LogP contribution in [0.4, 0.5) is 5.69 Å². The topological polar surface area (TPSA) is 3.24 Å². The van der Waals surface area contributed by atoms with Gasteiger partial charge < -0.3 is 4.90 Å². The van der Waals surface area contributed by atoms with Gasteiger partial charge in [0.15, 0.2) is 0 Å². The summed E-state index contributed by atoms with van der Waals surface area (Å²) < 4.78 is 0. The van der Waals surface area contributed by atoms with E-state index in [-0.39, 0.29) is 0 Å². The molecule has 120 valence electrons. The molecule has 3 aromatic rings. The number of nitrogens with zero attached hydrogens (tertiary/aromatic N) is 1. The Balaban J connectivity index is 1.74. The molecule has 0 aliphatic heterocycles. The summed E-state index contributed by atoms with van der Waals surface area (Å²) in [5.74, 6) is 0. The van der Waals surface area contributed by atoms with Crippen molar-refractivity contribution in [1.29, 1.82) is 0 Å². The molecule has 0 atom stereocenters. The fourth-order valence-corrected chi connectivity index (χ4v) is 3.87. The van der Waals surface area contributed by atoms with Crippen LogP contribution in [0.3, 0.4) is 0 Å². The Morgan fingerprint density at radius 3 is 2.12 bits per heavy atom. The highest BCUT2D eigenvalue weighted by atomic mass is 15.1. The normalized spacial score (nSPS) is 11.9. The predicted molar refractivity (Wildman–Crippen MR) is 104 cm³/mol. The molecule has 0 radical (unpaired) electrons. The van der Waals surface area contributed by atoms with Crippen LogP contribution >= 0.6 is 0 Å². The average molecular weight is 313 g/mol. The lowest BCUT2D eigenvalue weighted by molar-refractivity contribution is 0.866. The van der Waals surface area contributed by atoms with E-state index in [0.717, 1.165) is 19.5 Å². The predicted octanol–water partition coefficient (Wildman–Crippen LogP) is 5.77. The van der Waals surface area contributed by atoms with Crippen LogP contribution < -0.4 is 4.90 Å². The van der Waals surface area contributed by atoms with Gasteiger partial charge in [0.1, 0.15) is 0 Å². The van der Waals surface area contributed by atoms with Gasteiger partial charge in [0, 0.05) is 18.8 Å². The van der Waals surface area contributed by atoms with Crippen molar-refractivity contribution in [2.75, 3.05) is 18.0 Å². The van der Waals surface area contributed by atoms with Gasteiger partial charge in [-0.3, -0.25) is 0 Å². The first-order chi connectivity index (χ1) is 11.8. The van der Waals surface area contributed by atoms with Crippen LogP contribution in [-0.2, 0) is 6.42 Å². The molecule has 0 spiro atoms.